The largest absolute Gasteiger partial charge is 0.433 e. The van der Waals surface area contributed by atoms with Crippen LogP contribution in [0.15, 0.2) is 0 Å². The molecule has 0 aromatic carbocycles. The molecule has 1 fully saturated rings. The molecule has 1 saturated carbocycles. The van der Waals surface area contributed by atoms with Gasteiger partial charge in [-0.25, -0.2) is 4.39 Å². The fourth-order valence-corrected chi connectivity index (χ4v) is 4.22. The van der Waals surface area contributed by atoms with Crippen LogP contribution in [0.5, 0.6) is 0 Å². The summed E-state index contributed by atoms with van der Waals surface area (Å²) in [5.74, 6) is -43.1. The van der Waals surface area contributed by atoms with Crippen LogP contribution in [0.2, 0.25) is 0 Å². The second-order valence-corrected chi connectivity index (χ2v) is 7.24. The van der Waals surface area contributed by atoms with Crippen LogP contribution in [0, 0.1) is 0 Å². The summed E-state index contributed by atoms with van der Waals surface area (Å²) in [6.07, 6.45) is -17.1. The first-order valence-electron chi connectivity index (χ1n) is 6.18. The second-order valence-electron chi connectivity index (χ2n) is 5.68. The average Bonchev–Trinajstić information content (AvgIpc) is 2.41. The van der Waals surface area contributed by atoms with Gasteiger partial charge in [-0.3, -0.25) is 4.55 Å². The normalized spacial score (nSPS) is 27.5. The Kier molecular flexibility index (Phi) is 5.12. The quantitative estimate of drug-likeness (QED) is 0.434. The lowest BCUT2D eigenvalue weighted by molar-refractivity contribution is -0.489. The molecule has 21 heteroatoms. The lowest BCUT2D eigenvalue weighted by Gasteiger charge is -2.57. The Balaban J connectivity index is 4.69. The van der Waals surface area contributed by atoms with Crippen molar-refractivity contribution in [3.8, 4) is 0 Å². The van der Waals surface area contributed by atoms with E-state index in [-0.39, 0.29) is 0 Å². The summed E-state index contributed by atoms with van der Waals surface area (Å²) in [5.41, 5.74) is -9.06. The molecule has 0 aromatic heterocycles. The van der Waals surface area contributed by atoms with E-state index < -0.39 is 62.5 Å². The van der Waals surface area contributed by atoms with E-state index in [1.807, 2.05) is 0 Å². The van der Waals surface area contributed by atoms with Gasteiger partial charge in [0.25, 0.3) is 14.9 Å². The molecule has 3 nitrogen and oxygen atoms in total. The summed E-state index contributed by atoms with van der Waals surface area (Å²) in [6.45, 7) is 0. The van der Waals surface area contributed by atoms with Gasteiger partial charge in [-0.05, 0) is 0 Å². The van der Waals surface area contributed by atoms with Gasteiger partial charge in [0, 0.05) is 0 Å². The van der Waals surface area contributed by atoms with E-state index in [2.05, 4.69) is 0 Å². The van der Waals surface area contributed by atoms with E-state index in [4.69, 9.17) is 4.55 Å². The zero-order chi connectivity index (χ0) is 25.0. The van der Waals surface area contributed by atoms with Gasteiger partial charge in [0.05, 0.1) is 0 Å². The Hall–Kier alpha value is -1.28. The summed E-state index contributed by atoms with van der Waals surface area (Å²) in [6, 6.07) is 0. The zero-order valence-corrected chi connectivity index (χ0v) is 13.4. The first-order valence-corrected chi connectivity index (χ1v) is 7.62. The molecule has 180 valence electrons. The first kappa shape index (κ1) is 26.8. The molecule has 0 radical (unpaired) electrons. The number of halogens is 17. The molecule has 0 spiro atoms. The standard InChI is InChI=1S/C9HF17O3S/c10-1(8(21,22)23,9(24,25)26)2(30(27,28)29)3(11,12)5(15,16)7(19,20)6(17,18)4(2,13)14/h(H,27,28,29). The average molecular weight is 512 g/mol. The molecular weight excluding hydrogens is 511 g/mol. The van der Waals surface area contributed by atoms with Crippen molar-refractivity contribution in [1.82, 2.24) is 0 Å². The topological polar surface area (TPSA) is 54.4 Å². The lowest BCUT2D eigenvalue weighted by Crippen LogP contribution is -2.94. The molecule has 0 bridgehead atoms. The van der Waals surface area contributed by atoms with Crippen LogP contribution in [-0.2, 0) is 10.1 Å². The maximum atomic E-state index is 14.1. The maximum Gasteiger partial charge on any atom is 0.433 e. The van der Waals surface area contributed by atoms with Gasteiger partial charge in [0.15, 0.2) is 0 Å². The van der Waals surface area contributed by atoms with Gasteiger partial charge < -0.3 is 0 Å². The highest BCUT2D eigenvalue weighted by Crippen LogP contribution is 2.76. The van der Waals surface area contributed by atoms with Crippen molar-refractivity contribution in [2.75, 3.05) is 0 Å². The van der Waals surface area contributed by atoms with Gasteiger partial charge in [-0.15, -0.1) is 0 Å². The molecule has 1 N–H and O–H groups in total. The third-order valence-electron chi connectivity index (χ3n) is 4.11. The molecule has 0 heterocycles. The van der Waals surface area contributed by atoms with Crippen LogP contribution in [0.1, 0.15) is 0 Å². The molecule has 0 aromatic rings. The molecule has 1 aliphatic carbocycles. The predicted molar refractivity (Wildman–Crippen MR) is 55.0 cm³/mol. The monoisotopic (exact) mass is 512 g/mol. The number of hydrogen-bond acceptors (Lipinski definition) is 2. The minimum Gasteiger partial charge on any atom is -0.285 e. The van der Waals surface area contributed by atoms with E-state index >= 15 is 0 Å². The third-order valence-corrected chi connectivity index (χ3v) is 5.68. The fraction of sp³-hybridized carbons (Fsp3) is 1.00. The Morgan fingerprint density at radius 1 is 0.500 bits per heavy atom. The van der Waals surface area contributed by atoms with Gasteiger partial charge in [-0.1, -0.05) is 0 Å². The van der Waals surface area contributed by atoms with Crippen molar-refractivity contribution in [3.05, 3.63) is 0 Å². The third kappa shape index (κ3) is 2.25. The smallest absolute Gasteiger partial charge is 0.285 e. The van der Waals surface area contributed by atoms with E-state index in [1.165, 1.54) is 0 Å². The van der Waals surface area contributed by atoms with Crippen LogP contribution < -0.4 is 0 Å². The van der Waals surface area contributed by atoms with Crippen molar-refractivity contribution in [1.29, 1.82) is 0 Å². The Morgan fingerprint density at radius 3 is 0.867 bits per heavy atom. The molecule has 1 aliphatic rings. The lowest BCUT2D eigenvalue weighted by atomic mass is 9.66. The van der Waals surface area contributed by atoms with Gasteiger partial charge in [-0.2, -0.15) is 78.7 Å². The molecule has 30 heavy (non-hydrogen) atoms. The minimum absolute atomic E-state index is 8.26. The fourth-order valence-electron chi connectivity index (χ4n) is 2.73. The molecular formula is C9HF17O3S. The molecule has 0 amide bonds. The Bertz CT molecular complexity index is 774. The first-order chi connectivity index (χ1) is 12.5. The Labute approximate surface area is 151 Å². The summed E-state index contributed by atoms with van der Waals surface area (Å²) in [4.78, 5) is 0. The number of alkyl halides is 17. The highest BCUT2D eigenvalue weighted by molar-refractivity contribution is 7.87. The van der Waals surface area contributed by atoms with Crippen LogP contribution in [-0.4, -0.2) is 65.4 Å². The summed E-state index contributed by atoms with van der Waals surface area (Å²) in [7, 11) is -9.13. The second kappa shape index (κ2) is 5.74. The van der Waals surface area contributed by atoms with E-state index in [9.17, 15) is 83.1 Å². The molecule has 0 unspecified atom stereocenters. The molecule has 0 atom stereocenters. The van der Waals surface area contributed by atoms with Crippen molar-refractivity contribution in [2.45, 2.75) is 52.4 Å². The van der Waals surface area contributed by atoms with Crippen molar-refractivity contribution in [2.24, 2.45) is 0 Å². The van der Waals surface area contributed by atoms with Crippen LogP contribution in [0.25, 0.3) is 0 Å². The van der Waals surface area contributed by atoms with Gasteiger partial charge in [0.1, 0.15) is 0 Å². The van der Waals surface area contributed by atoms with Crippen molar-refractivity contribution in [3.63, 3.8) is 0 Å². The SMILES string of the molecule is O=S(=O)(O)C1(C(F)(C(F)(F)F)C(F)(F)F)C(F)(F)C(F)(F)C(F)(F)C(F)(F)C1(F)F. The van der Waals surface area contributed by atoms with Gasteiger partial charge in [0.2, 0.25) is 0 Å². The number of hydrogen-bond donors (Lipinski definition) is 1. The van der Waals surface area contributed by atoms with Crippen molar-refractivity contribution < 1.29 is 87.6 Å². The molecule has 0 aliphatic heterocycles. The molecule has 0 saturated heterocycles. The zero-order valence-electron chi connectivity index (χ0n) is 12.6. The van der Waals surface area contributed by atoms with Crippen LogP contribution in [0.3, 0.4) is 0 Å². The predicted octanol–water partition coefficient (Wildman–Crippen LogP) is 4.64. The van der Waals surface area contributed by atoms with Crippen molar-refractivity contribution >= 4 is 10.1 Å². The maximum absolute atomic E-state index is 14.1. The Morgan fingerprint density at radius 2 is 0.700 bits per heavy atom. The van der Waals surface area contributed by atoms with Gasteiger partial charge >= 0.3 is 47.6 Å². The van der Waals surface area contributed by atoms with E-state index in [0.29, 0.717) is 0 Å². The number of rotatable bonds is 2. The highest BCUT2D eigenvalue weighted by Gasteiger charge is 3.11. The van der Waals surface area contributed by atoms with E-state index in [1.54, 1.807) is 0 Å². The summed E-state index contributed by atoms with van der Waals surface area (Å²) < 4.78 is 247. The highest BCUT2D eigenvalue weighted by atomic mass is 32.2. The van der Waals surface area contributed by atoms with Crippen LogP contribution in [0.4, 0.5) is 74.6 Å². The summed E-state index contributed by atoms with van der Waals surface area (Å²) in [5, 5.41) is 0. The minimum atomic E-state index is -9.13. The molecule has 1 rings (SSSR count). The summed E-state index contributed by atoms with van der Waals surface area (Å²) >= 11 is 0. The van der Waals surface area contributed by atoms with Crippen LogP contribution >= 0.6 is 0 Å². The van der Waals surface area contributed by atoms with E-state index in [0.717, 1.165) is 0 Å².